The van der Waals surface area contributed by atoms with Gasteiger partial charge in [-0.15, -0.1) is 0 Å². The third-order valence-corrected chi connectivity index (χ3v) is 7.79. The summed E-state index contributed by atoms with van der Waals surface area (Å²) in [5.41, 5.74) is 2.03. The van der Waals surface area contributed by atoms with Gasteiger partial charge in [-0.3, -0.25) is 9.69 Å². The van der Waals surface area contributed by atoms with E-state index in [0.717, 1.165) is 29.2 Å². The van der Waals surface area contributed by atoms with E-state index in [2.05, 4.69) is 20.0 Å². The Morgan fingerprint density at radius 2 is 2.00 bits per heavy atom. The number of hydrogen-bond donors (Lipinski definition) is 1. The van der Waals surface area contributed by atoms with E-state index >= 15 is 0 Å². The van der Waals surface area contributed by atoms with Crippen molar-refractivity contribution in [1.29, 1.82) is 0 Å². The summed E-state index contributed by atoms with van der Waals surface area (Å²) < 4.78 is 28.0. The van der Waals surface area contributed by atoms with Crippen molar-refractivity contribution in [2.24, 2.45) is 0 Å². The molecule has 0 aromatic carbocycles. The van der Waals surface area contributed by atoms with Crippen molar-refractivity contribution in [2.45, 2.75) is 23.7 Å². The van der Waals surface area contributed by atoms with Gasteiger partial charge in [0.1, 0.15) is 0 Å². The number of aromatic amines is 1. The van der Waals surface area contributed by atoms with E-state index in [9.17, 15) is 13.2 Å². The minimum absolute atomic E-state index is 0.0586. The van der Waals surface area contributed by atoms with Crippen molar-refractivity contribution >= 4 is 21.8 Å². The van der Waals surface area contributed by atoms with Crippen molar-refractivity contribution < 1.29 is 8.42 Å². The molecule has 1 saturated heterocycles. The van der Waals surface area contributed by atoms with Crippen LogP contribution in [0.4, 0.5) is 0 Å². The first-order chi connectivity index (χ1) is 13.0. The average Bonchev–Trinajstić information content (AvgIpc) is 3.22. The van der Waals surface area contributed by atoms with Crippen LogP contribution in [0.25, 0.3) is 0 Å². The number of nitrogens with zero attached hydrogens (tertiary/aromatic N) is 5. The molecule has 4 rings (SSSR count). The van der Waals surface area contributed by atoms with Crippen LogP contribution in [-0.2, 0) is 28.7 Å². The topological polar surface area (TPSA) is 104 Å². The molecule has 0 radical (unpaired) electrons. The lowest BCUT2D eigenvalue weighted by atomic mass is 10.2. The van der Waals surface area contributed by atoms with E-state index in [-0.39, 0.29) is 10.6 Å². The molecule has 146 valence electrons. The second-order valence-electron chi connectivity index (χ2n) is 6.64. The summed E-state index contributed by atoms with van der Waals surface area (Å²) in [6, 6.07) is 1.71. The van der Waals surface area contributed by atoms with Crippen LogP contribution in [0.5, 0.6) is 0 Å². The molecule has 2 aliphatic heterocycles. The predicted molar refractivity (Wildman–Crippen MR) is 102 cm³/mol. The monoisotopic (exact) mass is 410 g/mol. The highest BCUT2D eigenvalue weighted by Gasteiger charge is 2.29. The summed E-state index contributed by atoms with van der Waals surface area (Å²) in [5.74, 6) is 1.91. The molecule has 4 heterocycles. The Bertz CT molecular complexity index is 949. The first-order valence-electron chi connectivity index (χ1n) is 8.92. The van der Waals surface area contributed by atoms with Crippen LogP contribution in [0, 0.1) is 0 Å². The zero-order valence-corrected chi connectivity index (χ0v) is 16.5. The lowest BCUT2D eigenvalue weighted by Crippen LogP contribution is -2.49. The minimum atomic E-state index is -3.51. The van der Waals surface area contributed by atoms with Crippen LogP contribution in [-0.4, -0.2) is 75.8 Å². The van der Waals surface area contributed by atoms with Crippen molar-refractivity contribution in [2.75, 3.05) is 38.5 Å². The molecule has 0 atom stereocenters. The lowest BCUT2D eigenvalue weighted by molar-refractivity contribution is 0.179. The normalized spacial score (nSPS) is 19.1. The smallest absolute Gasteiger partial charge is 0.267 e. The van der Waals surface area contributed by atoms with E-state index < -0.39 is 10.0 Å². The van der Waals surface area contributed by atoms with Gasteiger partial charge in [-0.25, -0.2) is 18.1 Å². The second kappa shape index (κ2) is 7.74. The Kier molecular flexibility index (Phi) is 5.35. The maximum atomic E-state index is 12.5. The number of aryl methyl sites for hydroxylation is 1. The van der Waals surface area contributed by atoms with Gasteiger partial charge in [0.15, 0.2) is 5.03 Å². The Labute approximate surface area is 161 Å². The summed E-state index contributed by atoms with van der Waals surface area (Å²) in [7, 11) is -3.51. The number of nitrogens with one attached hydrogen (secondary N) is 1. The van der Waals surface area contributed by atoms with E-state index in [1.54, 1.807) is 10.7 Å². The maximum absolute atomic E-state index is 12.5. The van der Waals surface area contributed by atoms with Crippen LogP contribution in [0.3, 0.4) is 0 Å². The molecule has 0 unspecified atom stereocenters. The summed E-state index contributed by atoms with van der Waals surface area (Å²) >= 11 is 1.83. The fourth-order valence-electron chi connectivity index (χ4n) is 3.37. The van der Waals surface area contributed by atoms with Gasteiger partial charge in [0.25, 0.3) is 15.6 Å². The predicted octanol–water partition coefficient (Wildman–Crippen LogP) is -0.238. The number of thioether (sulfide) groups is 1. The number of H-pyrrole nitrogens is 1. The van der Waals surface area contributed by atoms with Gasteiger partial charge in [0.05, 0.1) is 24.8 Å². The van der Waals surface area contributed by atoms with Gasteiger partial charge < -0.3 is 4.98 Å². The highest BCUT2D eigenvalue weighted by Crippen LogP contribution is 2.21. The lowest BCUT2D eigenvalue weighted by Gasteiger charge is -2.33. The minimum Gasteiger partial charge on any atom is -0.335 e. The molecule has 2 aromatic heterocycles. The SMILES string of the molecule is O=c1cc2c(nn1CCN1CCN(S(=O)(=O)c3cnc[nH]3)CC1)CCSC2. The number of imidazole rings is 1. The molecule has 0 bridgehead atoms. The van der Waals surface area contributed by atoms with E-state index in [4.69, 9.17) is 0 Å². The molecule has 1 N–H and O–H groups in total. The van der Waals surface area contributed by atoms with E-state index in [1.807, 2.05) is 11.8 Å². The van der Waals surface area contributed by atoms with E-state index in [0.29, 0.717) is 39.3 Å². The number of rotatable bonds is 5. The maximum Gasteiger partial charge on any atom is 0.267 e. The number of sulfonamides is 1. The van der Waals surface area contributed by atoms with Crippen molar-refractivity contribution in [3.8, 4) is 0 Å². The van der Waals surface area contributed by atoms with Gasteiger partial charge in [-0.05, 0) is 11.3 Å². The fourth-order valence-corrected chi connectivity index (χ4v) is 5.64. The Morgan fingerprint density at radius 3 is 2.74 bits per heavy atom. The average molecular weight is 411 g/mol. The number of fused-ring (bicyclic) bond motifs is 1. The summed E-state index contributed by atoms with van der Waals surface area (Å²) in [6.07, 6.45) is 3.60. The Morgan fingerprint density at radius 1 is 1.19 bits per heavy atom. The highest BCUT2D eigenvalue weighted by atomic mass is 32.2. The van der Waals surface area contributed by atoms with Gasteiger partial charge in [0, 0.05) is 51.0 Å². The van der Waals surface area contributed by atoms with Crippen LogP contribution >= 0.6 is 11.8 Å². The van der Waals surface area contributed by atoms with Crippen molar-refractivity contribution in [3.63, 3.8) is 0 Å². The molecule has 11 heteroatoms. The van der Waals surface area contributed by atoms with Gasteiger partial charge in [-0.1, -0.05) is 0 Å². The zero-order chi connectivity index (χ0) is 18.9. The number of piperazine rings is 1. The van der Waals surface area contributed by atoms with Crippen LogP contribution in [0.2, 0.25) is 0 Å². The van der Waals surface area contributed by atoms with Crippen molar-refractivity contribution in [1.82, 2.24) is 29.0 Å². The van der Waals surface area contributed by atoms with Crippen LogP contribution in [0.15, 0.2) is 28.4 Å². The zero-order valence-electron chi connectivity index (χ0n) is 14.9. The first kappa shape index (κ1) is 18.7. The molecule has 1 fully saturated rings. The number of hydrogen-bond acceptors (Lipinski definition) is 7. The molecule has 0 saturated carbocycles. The van der Waals surface area contributed by atoms with Crippen molar-refractivity contribution in [3.05, 3.63) is 40.2 Å². The largest absolute Gasteiger partial charge is 0.335 e. The van der Waals surface area contributed by atoms with Crippen LogP contribution in [0.1, 0.15) is 11.3 Å². The molecule has 2 aliphatic rings. The standard InChI is InChI=1S/C16H22N6O3S2/c23-16-9-13-11-26-8-1-14(13)19-22(16)7-4-20-2-5-21(6-3-20)27(24,25)15-10-17-12-18-15/h9-10,12H,1-8,11H2,(H,17,18). The molecular weight excluding hydrogens is 388 g/mol. The molecular formula is C16H22N6O3S2. The molecule has 2 aromatic rings. The Balaban J connectivity index is 1.34. The summed E-state index contributed by atoms with van der Waals surface area (Å²) in [6.45, 7) is 3.30. The molecule has 9 nitrogen and oxygen atoms in total. The summed E-state index contributed by atoms with van der Waals surface area (Å²) in [4.78, 5) is 20.9. The summed E-state index contributed by atoms with van der Waals surface area (Å²) in [5, 5.41) is 4.66. The van der Waals surface area contributed by atoms with E-state index in [1.165, 1.54) is 16.8 Å². The first-order valence-corrected chi connectivity index (χ1v) is 11.5. The van der Waals surface area contributed by atoms with Gasteiger partial charge in [0.2, 0.25) is 0 Å². The Hall–Kier alpha value is -1.69. The molecule has 0 amide bonds. The molecule has 27 heavy (non-hydrogen) atoms. The van der Waals surface area contributed by atoms with Crippen LogP contribution < -0.4 is 5.56 Å². The molecule has 0 spiro atoms. The highest BCUT2D eigenvalue weighted by molar-refractivity contribution is 7.98. The fraction of sp³-hybridized carbons (Fsp3) is 0.562. The molecule has 0 aliphatic carbocycles. The quantitative estimate of drug-likeness (QED) is 0.726. The van der Waals surface area contributed by atoms with Gasteiger partial charge in [-0.2, -0.15) is 21.2 Å². The second-order valence-corrected chi connectivity index (χ2v) is 9.65. The van der Waals surface area contributed by atoms with Gasteiger partial charge >= 0.3 is 0 Å². The third-order valence-electron chi connectivity index (χ3n) is 4.96. The number of aromatic nitrogens is 4. The third kappa shape index (κ3) is 3.96.